The largest absolute Gasteiger partial charge is 0.310 e. The summed E-state index contributed by atoms with van der Waals surface area (Å²) >= 11 is 0. The molecule has 0 amide bonds. The molecule has 0 aliphatic rings. The minimum absolute atomic E-state index is 0.0734. The van der Waals surface area contributed by atoms with E-state index >= 15 is 0 Å². The molecule has 0 saturated carbocycles. The van der Waals surface area contributed by atoms with Crippen molar-refractivity contribution in [1.82, 2.24) is 9.97 Å². The van der Waals surface area contributed by atoms with E-state index in [9.17, 15) is 4.79 Å². The van der Waals surface area contributed by atoms with Gasteiger partial charge < -0.3 is 4.98 Å². The van der Waals surface area contributed by atoms with Crippen molar-refractivity contribution in [3.8, 4) is 0 Å². The van der Waals surface area contributed by atoms with Crippen LogP contribution in [0.4, 0.5) is 0 Å². The number of aromatic amines is 1. The van der Waals surface area contributed by atoms with Crippen LogP contribution in [0.5, 0.6) is 0 Å². The van der Waals surface area contributed by atoms with Gasteiger partial charge in [-0.2, -0.15) is 0 Å². The standard InChI is InChI=1S/C17H16N2O/c1-2-12-7-9-13(10-8-12)11-16-18-15-6-4-3-5-14(15)17(20)19-16/h3-10H,2,11H2,1H3,(H,18,19,20). The maximum absolute atomic E-state index is 12.0. The lowest BCUT2D eigenvalue weighted by molar-refractivity contribution is 0.971. The van der Waals surface area contributed by atoms with Crippen molar-refractivity contribution in [3.63, 3.8) is 0 Å². The van der Waals surface area contributed by atoms with Gasteiger partial charge in [0.25, 0.3) is 5.56 Å². The number of benzene rings is 2. The van der Waals surface area contributed by atoms with Gasteiger partial charge in [-0.25, -0.2) is 4.98 Å². The normalized spacial score (nSPS) is 10.8. The van der Waals surface area contributed by atoms with Crippen molar-refractivity contribution in [2.45, 2.75) is 19.8 Å². The molecule has 0 spiro atoms. The van der Waals surface area contributed by atoms with Crippen molar-refractivity contribution in [3.05, 3.63) is 75.8 Å². The maximum atomic E-state index is 12.0. The zero-order chi connectivity index (χ0) is 13.9. The average molecular weight is 264 g/mol. The van der Waals surface area contributed by atoms with Crippen LogP contribution < -0.4 is 5.56 Å². The highest BCUT2D eigenvalue weighted by Gasteiger charge is 2.04. The second-order valence-corrected chi connectivity index (χ2v) is 4.88. The molecule has 1 aromatic heterocycles. The van der Waals surface area contributed by atoms with Crippen LogP contribution in [0.15, 0.2) is 53.3 Å². The molecule has 0 atom stereocenters. The van der Waals surface area contributed by atoms with Crippen LogP contribution in [-0.2, 0) is 12.8 Å². The number of rotatable bonds is 3. The third-order valence-corrected chi connectivity index (χ3v) is 3.46. The molecule has 0 aliphatic heterocycles. The lowest BCUT2D eigenvalue weighted by Gasteiger charge is -2.04. The molecule has 3 rings (SSSR count). The van der Waals surface area contributed by atoms with Crippen LogP contribution >= 0.6 is 0 Å². The lowest BCUT2D eigenvalue weighted by atomic mass is 10.1. The van der Waals surface area contributed by atoms with E-state index in [0.717, 1.165) is 17.5 Å². The van der Waals surface area contributed by atoms with Gasteiger partial charge in [0, 0.05) is 6.42 Å². The first kappa shape index (κ1) is 12.6. The fourth-order valence-electron chi connectivity index (χ4n) is 2.30. The van der Waals surface area contributed by atoms with Crippen molar-refractivity contribution in [2.24, 2.45) is 0 Å². The second kappa shape index (κ2) is 5.29. The van der Waals surface area contributed by atoms with E-state index in [-0.39, 0.29) is 5.56 Å². The first-order valence-corrected chi connectivity index (χ1v) is 6.82. The summed E-state index contributed by atoms with van der Waals surface area (Å²) in [6, 6.07) is 15.8. The van der Waals surface area contributed by atoms with E-state index in [1.165, 1.54) is 5.56 Å². The van der Waals surface area contributed by atoms with Gasteiger partial charge in [-0.15, -0.1) is 0 Å². The predicted molar refractivity (Wildman–Crippen MR) is 81.0 cm³/mol. The summed E-state index contributed by atoms with van der Waals surface area (Å²) in [5, 5.41) is 0.637. The number of nitrogens with one attached hydrogen (secondary N) is 1. The smallest absolute Gasteiger partial charge is 0.258 e. The van der Waals surface area contributed by atoms with Gasteiger partial charge in [0.1, 0.15) is 5.82 Å². The van der Waals surface area contributed by atoms with Crippen LogP contribution in [0, 0.1) is 0 Å². The SMILES string of the molecule is CCc1ccc(Cc2nc3ccccc3c(=O)[nH]2)cc1. The molecule has 0 fully saturated rings. The number of nitrogens with zero attached hydrogens (tertiary/aromatic N) is 1. The maximum Gasteiger partial charge on any atom is 0.258 e. The van der Waals surface area contributed by atoms with E-state index in [4.69, 9.17) is 0 Å². The first-order chi connectivity index (χ1) is 9.76. The van der Waals surface area contributed by atoms with E-state index in [0.29, 0.717) is 17.6 Å². The fraction of sp³-hybridized carbons (Fsp3) is 0.176. The topological polar surface area (TPSA) is 45.8 Å². The summed E-state index contributed by atoms with van der Waals surface area (Å²) in [5.74, 6) is 0.706. The molecule has 1 N–H and O–H groups in total. The van der Waals surface area contributed by atoms with Gasteiger partial charge >= 0.3 is 0 Å². The van der Waals surface area contributed by atoms with Gasteiger partial charge in [0.15, 0.2) is 0 Å². The molecular formula is C17H16N2O. The summed E-state index contributed by atoms with van der Waals surface area (Å²) in [5.41, 5.74) is 3.14. The van der Waals surface area contributed by atoms with Crippen molar-refractivity contribution >= 4 is 10.9 Å². The summed E-state index contributed by atoms with van der Waals surface area (Å²) in [6.07, 6.45) is 1.68. The summed E-state index contributed by atoms with van der Waals surface area (Å²) in [4.78, 5) is 19.4. The fourth-order valence-corrected chi connectivity index (χ4v) is 2.30. The Hall–Kier alpha value is -2.42. The lowest BCUT2D eigenvalue weighted by Crippen LogP contribution is -2.12. The third-order valence-electron chi connectivity index (χ3n) is 3.46. The highest BCUT2D eigenvalue weighted by Crippen LogP contribution is 2.10. The van der Waals surface area contributed by atoms with E-state index in [1.807, 2.05) is 18.2 Å². The Kier molecular flexibility index (Phi) is 3.33. The van der Waals surface area contributed by atoms with Gasteiger partial charge in [0.05, 0.1) is 10.9 Å². The highest BCUT2D eigenvalue weighted by molar-refractivity contribution is 5.77. The van der Waals surface area contributed by atoms with Crippen LogP contribution in [0.2, 0.25) is 0 Å². The number of fused-ring (bicyclic) bond motifs is 1. The number of hydrogen-bond donors (Lipinski definition) is 1. The molecule has 3 heteroatoms. The number of para-hydroxylation sites is 1. The van der Waals surface area contributed by atoms with Crippen LogP contribution in [0.1, 0.15) is 23.9 Å². The van der Waals surface area contributed by atoms with Gasteiger partial charge in [-0.1, -0.05) is 43.3 Å². The molecule has 1 heterocycles. The summed E-state index contributed by atoms with van der Waals surface area (Å²) < 4.78 is 0. The Morgan fingerprint density at radius 3 is 2.45 bits per heavy atom. The first-order valence-electron chi connectivity index (χ1n) is 6.82. The molecular weight excluding hydrogens is 248 g/mol. The molecule has 3 nitrogen and oxygen atoms in total. The second-order valence-electron chi connectivity index (χ2n) is 4.88. The number of aromatic nitrogens is 2. The van der Waals surface area contributed by atoms with Gasteiger partial charge in [0.2, 0.25) is 0 Å². The van der Waals surface area contributed by atoms with Crippen molar-refractivity contribution in [1.29, 1.82) is 0 Å². The van der Waals surface area contributed by atoms with Gasteiger partial charge in [-0.3, -0.25) is 4.79 Å². The Morgan fingerprint density at radius 2 is 1.70 bits per heavy atom. The minimum Gasteiger partial charge on any atom is -0.310 e. The Bertz CT molecular complexity index is 788. The number of hydrogen-bond acceptors (Lipinski definition) is 2. The molecule has 0 saturated heterocycles. The summed E-state index contributed by atoms with van der Waals surface area (Å²) in [7, 11) is 0. The quantitative estimate of drug-likeness (QED) is 0.790. The number of H-pyrrole nitrogens is 1. The Morgan fingerprint density at radius 1 is 1.00 bits per heavy atom. The van der Waals surface area contributed by atoms with Gasteiger partial charge in [-0.05, 0) is 29.7 Å². The zero-order valence-corrected chi connectivity index (χ0v) is 11.4. The molecule has 0 radical (unpaired) electrons. The molecule has 0 aliphatic carbocycles. The molecule has 0 bridgehead atoms. The van der Waals surface area contributed by atoms with E-state index in [1.54, 1.807) is 6.07 Å². The monoisotopic (exact) mass is 264 g/mol. The van der Waals surface area contributed by atoms with Crippen LogP contribution in [0.25, 0.3) is 10.9 Å². The molecule has 100 valence electrons. The molecule has 0 unspecified atom stereocenters. The van der Waals surface area contributed by atoms with Crippen LogP contribution in [-0.4, -0.2) is 9.97 Å². The highest BCUT2D eigenvalue weighted by atomic mass is 16.1. The Labute approximate surface area is 117 Å². The molecule has 2 aromatic carbocycles. The minimum atomic E-state index is -0.0734. The van der Waals surface area contributed by atoms with E-state index < -0.39 is 0 Å². The van der Waals surface area contributed by atoms with Crippen molar-refractivity contribution in [2.75, 3.05) is 0 Å². The van der Waals surface area contributed by atoms with Crippen LogP contribution in [0.3, 0.4) is 0 Å². The predicted octanol–water partition coefficient (Wildman–Crippen LogP) is 3.08. The summed E-state index contributed by atoms with van der Waals surface area (Å²) in [6.45, 7) is 2.14. The molecule has 20 heavy (non-hydrogen) atoms. The van der Waals surface area contributed by atoms with E-state index in [2.05, 4.69) is 41.2 Å². The number of aryl methyl sites for hydroxylation is 1. The Balaban J connectivity index is 1.96. The molecule has 3 aromatic rings. The third kappa shape index (κ3) is 2.48. The van der Waals surface area contributed by atoms with Crippen molar-refractivity contribution < 1.29 is 0 Å². The average Bonchev–Trinajstić information content (AvgIpc) is 2.48. The zero-order valence-electron chi connectivity index (χ0n) is 11.4.